The van der Waals surface area contributed by atoms with Crippen LogP contribution < -0.4 is 5.32 Å². The number of carbonyl (C=O) groups is 2. The van der Waals surface area contributed by atoms with Gasteiger partial charge in [0, 0.05) is 23.1 Å². The van der Waals surface area contributed by atoms with E-state index in [1.54, 1.807) is 0 Å². The number of hydrogen-bond donors (Lipinski definition) is 1. The van der Waals surface area contributed by atoms with Crippen molar-refractivity contribution in [3.8, 4) is 0 Å². The summed E-state index contributed by atoms with van der Waals surface area (Å²) in [6.07, 6.45) is 3.30. The van der Waals surface area contributed by atoms with Gasteiger partial charge in [0.2, 0.25) is 0 Å². The molecule has 1 saturated carbocycles. The molecule has 1 heterocycles. The highest BCUT2D eigenvalue weighted by Crippen LogP contribution is 2.38. The standard InChI is InChI=1S/C22H28N2O3/c1-5-14(2)18-8-6-7-9-20(18)23-21(25)13-27-22(26)19-12-15(3)24(16(19)4)17-10-11-17/h6-9,12,14,17H,5,10-11,13H2,1-4H3,(H,23,25)/t14-/m0/s1. The van der Waals surface area contributed by atoms with E-state index in [9.17, 15) is 9.59 Å². The Morgan fingerprint density at radius 1 is 1.26 bits per heavy atom. The number of benzene rings is 1. The predicted octanol–water partition coefficient (Wildman–Crippen LogP) is 4.75. The SMILES string of the molecule is CC[C@H](C)c1ccccc1NC(=O)COC(=O)c1cc(C)n(C2CC2)c1C. The number of esters is 1. The number of aryl methyl sites for hydroxylation is 1. The first-order valence-corrected chi connectivity index (χ1v) is 9.66. The van der Waals surface area contributed by atoms with Crippen LogP contribution in [0.15, 0.2) is 30.3 Å². The third kappa shape index (κ3) is 4.24. The molecule has 1 N–H and O–H groups in total. The number of nitrogens with zero attached hydrogens (tertiary/aromatic N) is 1. The van der Waals surface area contributed by atoms with E-state index in [0.29, 0.717) is 17.5 Å². The van der Waals surface area contributed by atoms with Gasteiger partial charge in [0.05, 0.1) is 5.56 Å². The minimum atomic E-state index is -0.444. The summed E-state index contributed by atoms with van der Waals surface area (Å²) in [4.78, 5) is 24.7. The van der Waals surface area contributed by atoms with Crippen molar-refractivity contribution in [2.24, 2.45) is 0 Å². The van der Waals surface area contributed by atoms with E-state index in [0.717, 1.165) is 41.9 Å². The Kier molecular flexibility index (Phi) is 5.68. The number of ether oxygens (including phenoxy) is 1. The molecule has 1 aromatic carbocycles. The van der Waals surface area contributed by atoms with Gasteiger partial charge in [0.15, 0.2) is 6.61 Å². The molecule has 2 aromatic rings. The van der Waals surface area contributed by atoms with Crippen molar-refractivity contribution >= 4 is 17.6 Å². The Balaban J connectivity index is 1.62. The van der Waals surface area contributed by atoms with Gasteiger partial charge in [-0.15, -0.1) is 0 Å². The van der Waals surface area contributed by atoms with Gasteiger partial charge < -0.3 is 14.6 Å². The minimum absolute atomic E-state index is 0.291. The van der Waals surface area contributed by atoms with Crippen LogP contribution in [0.1, 0.15) is 72.4 Å². The lowest BCUT2D eigenvalue weighted by Crippen LogP contribution is -2.22. The van der Waals surface area contributed by atoms with Crippen molar-refractivity contribution in [2.75, 3.05) is 11.9 Å². The van der Waals surface area contributed by atoms with E-state index >= 15 is 0 Å². The summed E-state index contributed by atoms with van der Waals surface area (Å²) in [6.45, 7) is 7.88. The van der Waals surface area contributed by atoms with Crippen molar-refractivity contribution in [3.63, 3.8) is 0 Å². The monoisotopic (exact) mass is 368 g/mol. The van der Waals surface area contributed by atoms with Crippen molar-refractivity contribution in [3.05, 3.63) is 52.8 Å². The lowest BCUT2D eigenvalue weighted by Gasteiger charge is -2.15. The van der Waals surface area contributed by atoms with Gasteiger partial charge >= 0.3 is 5.97 Å². The fourth-order valence-electron chi connectivity index (χ4n) is 3.53. The van der Waals surface area contributed by atoms with E-state index in [1.807, 2.05) is 44.2 Å². The fraction of sp³-hybridized carbons (Fsp3) is 0.455. The molecule has 0 spiro atoms. The van der Waals surface area contributed by atoms with Crippen LogP contribution in [0, 0.1) is 13.8 Å². The Hall–Kier alpha value is -2.56. The molecule has 3 rings (SSSR count). The molecule has 0 unspecified atom stereocenters. The van der Waals surface area contributed by atoms with E-state index in [1.165, 1.54) is 0 Å². The van der Waals surface area contributed by atoms with Crippen LogP contribution in [0.2, 0.25) is 0 Å². The number of hydrogen-bond acceptors (Lipinski definition) is 3. The normalized spacial score (nSPS) is 14.7. The van der Waals surface area contributed by atoms with E-state index in [-0.39, 0.29) is 12.5 Å². The highest BCUT2D eigenvalue weighted by Gasteiger charge is 2.28. The Labute approximate surface area is 160 Å². The first-order chi connectivity index (χ1) is 12.9. The number of para-hydroxylation sites is 1. The van der Waals surface area contributed by atoms with Crippen LogP contribution in [-0.2, 0) is 9.53 Å². The molecule has 27 heavy (non-hydrogen) atoms. The second kappa shape index (κ2) is 7.99. The molecule has 0 aliphatic heterocycles. The molecule has 1 aromatic heterocycles. The number of nitrogens with one attached hydrogen (secondary N) is 1. The molecule has 0 saturated heterocycles. The predicted molar refractivity (Wildman–Crippen MR) is 106 cm³/mol. The summed E-state index contributed by atoms with van der Waals surface area (Å²) in [5.41, 5.74) is 4.40. The summed E-state index contributed by atoms with van der Waals surface area (Å²) in [7, 11) is 0. The number of anilines is 1. The van der Waals surface area contributed by atoms with Gasteiger partial charge in [-0.3, -0.25) is 4.79 Å². The topological polar surface area (TPSA) is 60.3 Å². The Bertz CT molecular complexity index is 849. The molecule has 0 radical (unpaired) electrons. The average molecular weight is 368 g/mol. The molecule has 1 fully saturated rings. The maximum atomic E-state index is 12.4. The van der Waals surface area contributed by atoms with Crippen LogP contribution in [-0.4, -0.2) is 23.1 Å². The van der Waals surface area contributed by atoms with E-state index in [2.05, 4.69) is 23.7 Å². The van der Waals surface area contributed by atoms with Gasteiger partial charge in [-0.2, -0.15) is 0 Å². The highest BCUT2D eigenvalue weighted by molar-refractivity contribution is 5.96. The van der Waals surface area contributed by atoms with Crippen molar-refractivity contribution < 1.29 is 14.3 Å². The van der Waals surface area contributed by atoms with Gasteiger partial charge in [0.25, 0.3) is 5.91 Å². The number of carbonyl (C=O) groups excluding carboxylic acids is 2. The zero-order chi connectivity index (χ0) is 19.6. The zero-order valence-corrected chi connectivity index (χ0v) is 16.5. The van der Waals surface area contributed by atoms with Crippen LogP contribution in [0.5, 0.6) is 0 Å². The lowest BCUT2D eigenvalue weighted by molar-refractivity contribution is -0.119. The zero-order valence-electron chi connectivity index (χ0n) is 16.5. The second-order valence-electron chi connectivity index (χ2n) is 7.41. The van der Waals surface area contributed by atoms with E-state index < -0.39 is 5.97 Å². The Morgan fingerprint density at radius 3 is 2.63 bits per heavy atom. The summed E-state index contributed by atoms with van der Waals surface area (Å²) in [5.74, 6) is -0.424. The first kappa shape index (κ1) is 19.2. The van der Waals surface area contributed by atoms with Crippen LogP contribution >= 0.6 is 0 Å². The van der Waals surface area contributed by atoms with Gasteiger partial charge in [-0.25, -0.2) is 4.79 Å². The minimum Gasteiger partial charge on any atom is -0.452 e. The largest absolute Gasteiger partial charge is 0.452 e. The Morgan fingerprint density at radius 2 is 1.96 bits per heavy atom. The number of rotatable bonds is 7. The summed E-state index contributed by atoms with van der Waals surface area (Å²) in [6, 6.07) is 10.1. The molecule has 144 valence electrons. The quantitative estimate of drug-likeness (QED) is 0.718. The molecular weight excluding hydrogens is 340 g/mol. The van der Waals surface area contributed by atoms with Crippen molar-refractivity contribution in [2.45, 2.75) is 58.9 Å². The van der Waals surface area contributed by atoms with Crippen molar-refractivity contribution in [1.29, 1.82) is 0 Å². The maximum absolute atomic E-state index is 12.4. The van der Waals surface area contributed by atoms with Crippen molar-refractivity contribution in [1.82, 2.24) is 4.57 Å². The highest BCUT2D eigenvalue weighted by atomic mass is 16.5. The average Bonchev–Trinajstić information content (AvgIpc) is 3.44. The molecule has 5 nitrogen and oxygen atoms in total. The maximum Gasteiger partial charge on any atom is 0.340 e. The third-order valence-electron chi connectivity index (χ3n) is 5.33. The molecule has 1 atom stereocenters. The van der Waals surface area contributed by atoms with Gasteiger partial charge in [-0.05, 0) is 56.7 Å². The molecule has 0 bridgehead atoms. The van der Waals surface area contributed by atoms with Gasteiger partial charge in [-0.1, -0.05) is 32.0 Å². The second-order valence-corrected chi connectivity index (χ2v) is 7.41. The fourth-order valence-corrected chi connectivity index (χ4v) is 3.53. The van der Waals surface area contributed by atoms with Crippen LogP contribution in [0.4, 0.5) is 5.69 Å². The molecule has 1 aliphatic carbocycles. The van der Waals surface area contributed by atoms with E-state index in [4.69, 9.17) is 4.74 Å². The number of aromatic nitrogens is 1. The van der Waals surface area contributed by atoms with Crippen LogP contribution in [0.25, 0.3) is 0 Å². The van der Waals surface area contributed by atoms with Gasteiger partial charge in [0.1, 0.15) is 0 Å². The lowest BCUT2D eigenvalue weighted by atomic mass is 9.97. The summed E-state index contributed by atoms with van der Waals surface area (Å²) in [5, 5.41) is 2.87. The molecule has 5 heteroatoms. The summed E-state index contributed by atoms with van der Waals surface area (Å²) >= 11 is 0. The first-order valence-electron chi connectivity index (χ1n) is 9.66. The van der Waals surface area contributed by atoms with Crippen LogP contribution in [0.3, 0.4) is 0 Å². The number of amides is 1. The molecule has 1 aliphatic rings. The third-order valence-corrected chi connectivity index (χ3v) is 5.33. The smallest absolute Gasteiger partial charge is 0.340 e. The summed E-state index contributed by atoms with van der Waals surface area (Å²) < 4.78 is 7.47. The molecule has 1 amide bonds. The molecular formula is C22H28N2O3.